The second kappa shape index (κ2) is 8.66. The summed E-state index contributed by atoms with van der Waals surface area (Å²) in [6.45, 7) is 0. The largest absolute Gasteiger partial charge is 0.296 e. The summed E-state index contributed by atoms with van der Waals surface area (Å²) >= 11 is 2.79. The van der Waals surface area contributed by atoms with Gasteiger partial charge in [0.2, 0.25) is 5.13 Å². The van der Waals surface area contributed by atoms with Gasteiger partial charge in [-0.05, 0) is 17.0 Å². The highest BCUT2D eigenvalue weighted by atomic mass is 32.1. The van der Waals surface area contributed by atoms with Gasteiger partial charge >= 0.3 is 0 Å². The number of hydrogen-bond donors (Lipinski definition) is 2. The van der Waals surface area contributed by atoms with E-state index < -0.39 is 11.5 Å². The summed E-state index contributed by atoms with van der Waals surface area (Å²) in [5.74, 6) is -0.571. The normalized spacial score (nSPS) is 10.8. The van der Waals surface area contributed by atoms with E-state index in [1.54, 1.807) is 0 Å². The van der Waals surface area contributed by atoms with Crippen LogP contribution in [0.5, 0.6) is 0 Å². The summed E-state index contributed by atoms with van der Waals surface area (Å²) < 4.78 is 0. The van der Waals surface area contributed by atoms with Gasteiger partial charge in [-0.15, -0.1) is 21.5 Å². The van der Waals surface area contributed by atoms with Gasteiger partial charge in [-0.25, -0.2) is 5.10 Å². The minimum absolute atomic E-state index is 0.0297. The molecule has 0 bridgehead atoms. The van der Waals surface area contributed by atoms with Crippen LogP contribution in [0.1, 0.15) is 10.4 Å². The summed E-state index contributed by atoms with van der Waals surface area (Å²) in [6, 6.07) is 22.5. The quantitative estimate of drug-likeness (QED) is 0.389. The van der Waals surface area contributed by atoms with Gasteiger partial charge < -0.3 is 0 Å². The number of rotatable bonds is 5. The van der Waals surface area contributed by atoms with Crippen LogP contribution in [0.2, 0.25) is 0 Å². The Kier molecular flexibility index (Phi) is 5.40. The Morgan fingerprint density at radius 2 is 1.59 bits per heavy atom. The second-order valence-electron chi connectivity index (χ2n) is 6.73. The number of hydrogen-bond acceptors (Lipinski definition) is 7. The van der Waals surface area contributed by atoms with Crippen LogP contribution in [-0.2, 0) is 0 Å². The summed E-state index contributed by atoms with van der Waals surface area (Å²) in [5, 5.41) is 20.6. The molecule has 7 nitrogen and oxygen atoms in total. The molecule has 0 atom stereocenters. The average molecular weight is 458 g/mol. The first-order chi connectivity index (χ1) is 15.7. The maximum Gasteiger partial charge on any atom is 0.277 e. The molecular formula is C23H15N5O2S2. The van der Waals surface area contributed by atoms with E-state index in [9.17, 15) is 9.59 Å². The van der Waals surface area contributed by atoms with Crippen molar-refractivity contribution in [3.8, 4) is 32.3 Å². The molecule has 2 aromatic carbocycles. The Hall–Kier alpha value is -3.95. The third-order valence-corrected chi connectivity index (χ3v) is 6.58. The van der Waals surface area contributed by atoms with Gasteiger partial charge in [0.25, 0.3) is 11.5 Å². The van der Waals surface area contributed by atoms with Crippen LogP contribution >= 0.6 is 22.7 Å². The zero-order valence-corrected chi connectivity index (χ0v) is 18.1. The molecule has 0 aliphatic heterocycles. The van der Waals surface area contributed by atoms with E-state index in [1.807, 2.05) is 78.2 Å². The lowest BCUT2D eigenvalue weighted by atomic mass is 9.95. The fourth-order valence-corrected chi connectivity index (χ4v) is 4.82. The molecule has 156 valence electrons. The lowest BCUT2D eigenvalue weighted by molar-refractivity contribution is 0.102. The summed E-state index contributed by atoms with van der Waals surface area (Å²) in [4.78, 5) is 27.1. The summed E-state index contributed by atoms with van der Waals surface area (Å²) in [7, 11) is 0. The molecule has 0 radical (unpaired) electrons. The number of amides is 1. The van der Waals surface area contributed by atoms with Crippen LogP contribution in [0.4, 0.5) is 5.13 Å². The Bertz CT molecular complexity index is 1430. The molecule has 0 unspecified atom stereocenters. The van der Waals surface area contributed by atoms with Crippen molar-refractivity contribution in [3.05, 3.63) is 94.1 Å². The van der Waals surface area contributed by atoms with Gasteiger partial charge in [-0.3, -0.25) is 14.9 Å². The van der Waals surface area contributed by atoms with Crippen molar-refractivity contribution in [2.75, 3.05) is 5.32 Å². The van der Waals surface area contributed by atoms with Crippen molar-refractivity contribution < 1.29 is 4.79 Å². The van der Waals surface area contributed by atoms with Crippen LogP contribution in [0, 0.1) is 0 Å². The zero-order valence-electron chi connectivity index (χ0n) is 16.5. The van der Waals surface area contributed by atoms with Gasteiger partial charge in [0, 0.05) is 11.1 Å². The number of carbonyl (C=O) groups is 1. The van der Waals surface area contributed by atoms with E-state index in [2.05, 4.69) is 25.7 Å². The number of benzene rings is 2. The number of H-pyrrole nitrogens is 1. The molecule has 9 heteroatoms. The van der Waals surface area contributed by atoms with Gasteiger partial charge in [0.15, 0.2) is 5.01 Å². The maximum absolute atomic E-state index is 13.3. The number of anilines is 1. The fourth-order valence-electron chi connectivity index (χ4n) is 3.29. The van der Waals surface area contributed by atoms with Gasteiger partial charge in [-0.1, -0.05) is 78.1 Å². The molecule has 0 spiro atoms. The van der Waals surface area contributed by atoms with E-state index in [-0.39, 0.29) is 5.56 Å². The van der Waals surface area contributed by atoms with E-state index in [1.165, 1.54) is 22.7 Å². The smallest absolute Gasteiger partial charge is 0.277 e. The topological polar surface area (TPSA) is 101 Å². The van der Waals surface area contributed by atoms with Crippen molar-refractivity contribution >= 4 is 33.7 Å². The minimum atomic E-state index is -0.580. The van der Waals surface area contributed by atoms with Gasteiger partial charge in [0.1, 0.15) is 5.56 Å². The summed E-state index contributed by atoms with van der Waals surface area (Å²) in [6.07, 6.45) is 0. The Morgan fingerprint density at radius 1 is 0.875 bits per heavy atom. The summed E-state index contributed by atoms with van der Waals surface area (Å²) in [5.41, 5.74) is 1.86. The number of aromatic amines is 1. The molecule has 0 saturated heterocycles. The Labute approximate surface area is 190 Å². The minimum Gasteiger partial charge on any atom is -0.296 e. The number of carbonyl (C=O) groups excluding carboxylic acids is 1. The second-order valence-corrected chi connectivity index (χ2v) is 8.65. The molecule has 2 N–H and O–H groups in total. The first-order valence-electron chi connectivity index (χ1n) is 9.63. The lowest BCUT2D eigenvalue weighted by Crippen LogP contribution is -2.26. The number of aromatic nitrogens is 4. The average Bonchev–Trinajstić information content (AvgIpc) is 3.52. The van der Waals surface area contributed by atoms with Crippen molar-refractivity contribution in [1.82, 2.24) is 20.4 Å². The highest BCUT2D eigenvalue weighted by Gasteiger charge is 2.24. The molecule has 0 aliphatic rings. The van der Waals surface area contributed by atoms with E-state index >= 15 is 0 Å². The van der Waals surface area contributed by atoms with E-state index in [0.717, 1.165) is 10.4 Å². The van der Waals surface area contributed by atoms with E-state index in [4.69, 9.17) is 0 Å². The molecular weight excluding hydrogens is 442 g/mol. The zero-order chi connectivity index (χ0) is 21.9. The predicted octanol–water partition coefficient (Wildman–Crippen LogP) is 4.94. The predicted molar refractivity (Wildman–Crippen MR) is 127 cm³/mol. The first-order valence-corrected chi connectivity index (χ1v) is 11.3. The number of nitrogens with one attached hydrogen (secondary N) is 2. The Balaban J connectivity index is 1.60. The molecule has 0 saturated carbocycles. The fraction of sp³-hybridized carbons (Fsp3) is 0. The van der Waals surface area contributed by atoms with Gasteiger partial charge in [0.05, 0.1) is 10.6 Å². The SMILES string of the molecule is O=C(Nc1nnc(-c2cccs2)s1)c1c(-c2ccccc2)c(-c2ccccc2)n[nH]c1=O. The third kappa shape index (κ3) is 3.86. The van der Waals surface area contributed by atoms with Crippen LogP contribution in [0.3, 0.4) is 0 Å². The molecule has 0 fully saturated rings. The van der Waals surface area contributed by atoms with Crippen molar-refractivity contribution in [3.63, 3.8) is 0 Å². The van der Waals surface area contributed by atoms with Crippen LogP contribution in [0.15, 0.2) is 83.0 Å². The van der Waals surface area contributed by atoms with E-state index in [0.29, 0.717) is 27.0 Å². The molecule has 1 amide bonds. The lowest BCUT2D eigenvalue weighted by Gasteiger charge is -2.13. The monoisotopic (exact) mass is 457 g/mol. The highest BCUT2D eigenvalue weighted by molar-refractivity contribution is 7.23. The molecule has 3 aromatic heterocycles. The number of thiophene rings is 1. The molecule has 5 rings (SSSR count). The third-order valence-electron chi connectivity index (χ3n) is 4.70. The van der Waals surface area contributed by atoms with Crippen molar-refractivity contribution in [2.24, 2.45) is 0 Å². The maximum atomic E-state index is 13.3. The van der Waals surface area contributed by atoms with Gasteiger partial charge in [-0.2, -0.15) is 5.10 Å². The highest BCUT2D eigenvalue weighted by Crippen LogP contribution is 2.33. The van der Waals surface area contributed by atoms with Crippen LogP contribution in [0.25, 0.3) is 32.3 Å². The molecule has 3 heterocycles. The molecule has 5 aromatic rings. The molecule has 0 aliphatic carbocycles. The standard InChI is InChI=1S/C23H15N5O2S2/c29-20(24-23-28-27-22(32-23)16-12-7-13-31-16)18-17(14-8-3-1-4-9-14)19(25-26-21(18)30)15-10-5-2-6-11-15/h1-13H,(H,26,30)(H,24,28,29). The van der Waals surface area contributed by atoms with Crippen molar-refractivity contribution in [1.29, 1.82) is 0 Å². The van der Waals surface area contributed by atoms with Crippen molar-refractivity contribution in [2.45, 2.75) is 0 Å². The first kappa shape index (κ1) is 20.0. The Morgan fingerprint density at radius 3 is 2.28 bits per heavy atom. The van der Waals surface area contributed by atoms with Crippen LogP contribution < -0.4 is 10.9 Å². The van der Waals surface area contributed by atoms with Crippen LogP contribution in [-0.4, -0.2) is 26.3 Å². The number of nitrogens with zero attached hydrogens (tertiary/aromatic N) is 3. The molecule has 32 heavy (non-hydrogen) atoms.